The number of imidazole rings is 1. The number of hydrogen-bond donors (Lipinski definition) is 1. The number of nitrogens with zero attached hydrogens (tertiary/aromatic N) is 2. The van der Waals surface area contributed by atoms with Crippen LogP contribution in [0.1, 0.15) is 27.9 Å². The second-order valence-corrected chi connectivity index (χ2v) is 9.24. The van der Waals surface area contributed by atoms with Crippen LogP contribution in [0, 0.1) is 6.92 Å². The molecule has 146 valence electrons. The van der Waals surface area contributed by atoms with E-state index in [9.17, 15) is 13.2 Å². The molecule has 0 bridgehead atoms. The number of nitrogens with one attached hydrogen (secondary N) is 1. The fraction of sp³-hybridized carbons (Fsp3) is 0.300. The van der Waals surface area contributed by atoms with Crippen molar-refractivity contribution in [3.8, 4) is 0 Å². The summed E-state index contributed by atoms with van der Waals surface area (Å²) in [6.45, 7) is 2.77. The zero-order valence-corrected chi connectivity index (χ0v) is 16.5. The molecule has 1 atom stereocenters. The van der Waals surface area contributed by atoms with Gasteiger partial charge < -0.3 is 14.5 Å². The van der Waals surface area contributed by atoms with E-state index in [1.807, 2.05) is 23.6 Å². The highest BCUT2D eigenvalue weighted by molar-refractivity contribution is 7.90. The molecule has 0 radical (unpaired) electrons. The average molecular weight is 399 g/mol. The van der Waals surface area contributed by atoms with Crippen molar-refractivity contribution in [3.63, 3.8) is 0 Å². The number of rotatable bonds is 4. The minimum absolute atomic E-state index is 0.238. The van der Waals surface area contributed by atoms with Gasteiger partial charge in [-0.2, -0.15) is 0 Å². The second-order valence-electron chi connectivity index (χ2n) is 7.22. The molecule has 0 aliphatic carbocycles. The summed E-state index contributed by atoms with van der Waals surface area (Å²) >= 11 is 0. The Kier molecular flexibility index (Phi) is 4.47. The molecule has 1 aromatic carbocycles. The summed E-state index contributed by atoms with van der Waals surface area (Å²) in [6.07, 6.45) is 7.15. The van der Waals surface area contributed by atoms with Crippen molar-refractivity contribution in [2.75, 3.05) is 19.5 Å². The molecule has 1 unspecified atom stereocenters. The number of sulfone groups is 1. The van der Waals surface area contributed by atoms with E-state index in [0.29, 0.717) is 30.8 Å². The van der Waals surface area contributed by atoms with Crippen LogP contribution in [0.4, 0.5) is 0 Å². The van der Waals surface area contributed by atoms with E-state index in [4.69, 9.17) is 4.74 Å². The van der Waals surface area contributed by atoms with Crippen LogP contribution >= 0.6 is 0 Å². The highest BCUT2D eigenvalue weighted by atomic mass is 32.2. The van der Waals surface area contributed by atoms with E-state index in [2.05, 4.69) is 10.3 Å². The molecule has 1 aliphatic heterocycles. The van der Waals surface area contributed by atoms with Gasteiger partial charge >= 0.3 is 0 Å². The summed E-state index contributed by atoms with van der Waals surface area (Å²) < 4.78 is 30.9. The fourth-order valence-corrected chi connectivity index (χ4v) is 4.24. The summed E-state index contributed by atoms with van der Waals surface area (Å²) in [5, 5.41) is 3.13. The quantitative estimate of drug-likeness (QED) is 0.726. The lowest BCUT2D eigenvalue weighted by Crippen LogP contribution is -2.46. The van der Waals surface area contributed by atoms with E-state index in [0.717, 1.165) is 11.1 Å². The molecule has 0 saturated carbocycles. The summed E-state index contributed by atoms with van der Waals surface area (Å²) in [5.41, 5.74) is 2.14. The third-order valence-electron chi connectivity index (χ3n) is 5.08. The first-order valence-corrected chi connectivity index (χ1v) is 10.8. The van der Waals surface area contributed by atoms with Crippen LogP contribution in [0.5, 0.6) is 0 Å². The summed E-state index contributed by atoms with van der Waals surface area (Å²) in [6, 6.07) is 8.43. The molecule has 0 spiro atoms. The van der Waals surface area contributed by atoms with Gasteiger partial charge in [0.1, 0.15) is 5.65 Å². The van der Waals surface area contributed by atoms with Crippen LogP contribution < -0.4 is 5.32 Å². The maximum Gasteiger partial charge on any atom is 0.255 e. The summed E-state index contributed by atoms with van der Waals surface area (Å²) in [5.74, 6) is -0.238. The predicted molar refractivity (Wildman–Crippen MR) is 104 cm³/mol. The number of hydrogen-bond acceptors (Lipinski definition) is 5. The standard InChI is InChI=1S/C20H21N3O4S/c1-14-11-17(18-21-8-9-23(18)12-14)19(24)22-20(7-10-27-13-20)15-3-5-16(6-4-15)28(2,25)26/h3-6,8-9,11-12H,7,10,13H2,1-2H3,(H,22,24). The van der Waals surface area contributed by atoms with Crippen LogP contribution in [0.25, 0.3) is 5.65 Å². The van der Waals surface area contributed by atoms with Gasteiger partial charge in [-0.25, -0.2) is 13.4 Å². The molecular weight excluding hydrogens is 378 g/mol. The minimum atomic E-state index is -3.28. The Labute approximate surface area is 163 Å². The van der Waals surface area contributed by atoms with E-state index in [1.165, 1.54) is 6.26 Å². The molecule has 2 aromatic heterocycles. The zero-order valence-electron chi connectivity index (χ0n) is 15.7. The lowest BCUT2D eigenvalue weighted by atomic mass is 9.88. The lowest BCUT2D eigenvalue weighted by molar-refractivity contribution is 0.0877. The van der Waals surface area contributed by atoms with Crippen molar-refractivity contribution < 1.29 is 17.9 Å². The summed E-state index contributed by atoms with van der Waals surface area (Å²) in [7, 11) is -3.28. The fourth-order valence-electron chi connectivity index (χ4n) is 3.61. The molecule has 1 N–H and O–H groups in total. The van der Waals surface area contributed by atoms with Crippen LogP contribution in [0.15, 0.2) is 53.8 Å². The second kappa shape index (κ2) is 6.72. The van der Waals surface area contributed by atoms with Crippen molar-refractivity contribution in [2.45, 2.75) is 23.8 Å². The van der Waals surface area contributed by atoms with Crippen molar-refractivity contribution >= 4 is 21.4 Å². The third kappa shape index (κ3) is 3.29. The van der Waals surface area contributed by atoms with E-state index < -0.39 is 15.4 Å². The monoisotopic (exact) mass is 399 g/mol. The zero-order chi connectivity index (χ0) is 19.9. The van der Waals surface area contributed by atoms with Gasteiger partial charge in [-0.1, -0.05) is 12.1 Å². The van der Waals surface area contributed by atoms with Gasteiger partial charge in [-0.15, -0.1) is 0 Å². The molecule has 7 nitrogen and oxygen atoms in total. The van der Waals surface area contributed by atoms with Gasteiger partial charge in [0.15, 0.2) is 9.84 Å². The van der Waals surface area contributed by atoms with Gasteiger partial charge in [-0.05, 0) is 36.2 Å². The topological polar surface area (TPSA) is 89.8 Å². The Morgan fingerprint density at radius 1 is 1.29 bits per heavy atom. The Morgan fingerprint density at radius 3 is 2.68 bits per heavy atom. The molecule has 3 heterocycles. The molecule has 1 fully saturated rings. The van der Waals surface area contributed by atoms with Gasteiger partial charge in [0.05, 0.1) is 22.6 Å². The highest BCUT2D eigenvalue weighted by Gasteiger charge is 2.39. The van der Waals surface area contributed by atoms with Crippen LogP contribution in [0.2, 0.25) is 0 Å². The number of aromatic nitrogens is 2. The SMILES string of the molecule is Cc1cc(C(=O)NC2(c3ccc(S(C)(=O)=O)cc3)CCOC2)c2nccn2c1. The molecule has 1 aliphatic rings. The molecule has 28 heavy (non-hydrogen) atoms. The number of fused-ring (bicyclic) bond motifs is 1. The molecule has 1 saturated heterocycles. The van der Waals surface area contributed by atoms with Gasteiger partial charge in [0.2, 0.25) is 0 Å². The van der Waals surface area contributed by atoms with E-state index >= 15 is 0 Å². The predicted octanol–water partition coefficient (Wildman–Crippen LogP) is 2.09. The summed E-state index contributed by atoms with van der Waals surface area (Å²) in [4.78, 5) is 17.7. The number of benzene rings is 1. The van der Waals surface area contributed by atoms with E-state index in [-0.39, 0.29) is 10.8 Å². The van der Waals surface area contributed by atoms with Crippen molar-refractivity contribution in [1.82, 2.24) is 14.7 Å². The number of pyridine rings is 1. The molecule has 8 heteroatoms. The molecule has 1 amide bonds. The number of ether oxygens (including phenoxy) is 1. The maximum absolute atomic E-state index is 13.2. The van der Waals surface area contributed by atoms with Crippen LogP contribution in [-0.4, -0.2) is 43.2 Å². The van der Waals surface area contributed by atoms with E-state index in [1.54, 1.807) is 36.7 Å². The van der Waals surface area contributed by atoms with Gasteiger partial charge in [-0.3, -0.25) is 4.79 Å². The number of aryl methyl sites for hydroxylation is 1. The van der Waals surface area contributed by atoms with Crippen LogP contribution in [0.3, 0.4) is 0 Å². The first-order valence-electron chi connectivity index (χ1n) is 8.93. The molecule has 3 aromatic rings. The Bertz CT molecular complexity index is 1140. The van der Waals surface area contributed by atoms with Crippen molar-refractivity contribution in [1.29, 1.82) is 0 Å². The molecular formula is C20H21N3O4S. The third-order valence-corrected chi connectivity index (χ3v) is 6.21. The van der Waals surface area contributed by atoms with Crippen molar-refractivity contribution in [3.05, 3.63) is 65.6 Å². The average Bonchev–Trinajstić information content (AvgIpc) is 3.30. The van der Waals surface area contributed by atoms with Crippen LogP contribution in [-0.2, 0) is 20.1 Å². The van der Waals surface area contributed by atoms with Gasteiger partial charge in [0, 0.05) is 37.9 Å². The number of carbonyl (C=O) groups excluding carboxylic acids is 1. The lowest BCUT2D eigenvalue weighted by Gasteiger charge is -2.29. The Hall–Kier alpha value is -2.71. The normalized spacial score (nSPS) is 19.8. The number of carbonyl (C=O) groups is 1. The highest BCUT2D eigenvalue weighted by Crippen LogP contribution is 2.32. The first-order chi connectivity index (χ1) is 13.3. The molecule has 4 rings (SSSR count). The maximum atomic E-state index is 13.2. The largest absolute Gasteiger partial charge is 0.379 e. The Balaban J connectivity index is 1.70. The smallest absolute Gasteiger partial charge is 0.255 e. The number of amides is 1. The minimum Gasteiger partial charge on any atom is -0.379 e. The Morgan fingerprint density at radius 2 is 2.04 bits per heavy atom. The van der Waals surface area contributed by atoms with Crippen molar-refractivity contribution in [2.24, 2.45) is 0 Å². The van der Waals surface area contributed by atoms with Gasteiger partial charge in [0.25, 0.3) is 5.91 Å². The first kappa shape index (κ1) is 18.6.